The number of carbonyl (C=O) groups excluding carboxylic acids is 2. The van der Waals surface area contributed by atoms with Gasteiger partial charge in [-0.2, -0.15) is 0 Å². The normalized spacial score (nSPS) is 14.4. The van der Waals surface area contributed by atoms with Crippen molar-refractivity contribution < 1.29 is 24.0 Å². The van der Waals surface area contributed by atoms with Crippen molar-refractivity contribution in [1.82, 2.24) is 10.6 Å². The molecule has 1 heterocycles. The Labute approximate surface area is 146 Å². The number of quaternary nitrogens is 1. The molecule has 2 rings (SSSR count). The molecule has 25 heavy (non-hydrogen) atoms. The second-order valence-corrected chi connectivity index (χ2v) is 5.65. The van der Waals surface area contributed by atoms with E-state index in [1.807, 2.05) is 24.3 Å². The van der Waals surface area contributed by atoms with Crippen molar-refractivity contribution in [3.63, 3.8) is 0 Å². The van der Waals surface area contributed by atoms with Gasteiger partial charge in [0.25, 0.3) is 0 Å². The number of ether oxygens (including phenoxy) is 2. The van der Waals surface area contributed by atoms with E-state index in [9.17, 15) is 9.59 Å². The smallest absolute Gasteiger partial charge is 0.413 e. The Kier molecular flexibility index (Phi) is 6.58. The average molecular weight is 350 g/mol. The number of benzene rings is 1. The van der Waals surface area contributed by atoms with Gasteiger partial charge in [-0.1, -0.05) is 0 Å². The fourth-order valence-corrected chi connectivity index (χ4v) is 2.40. The van der Waals surface area contributed by atoms with E-state index < -0.39 is 12.2 Å². The van der Waals surface area contributed by atoms with Gasteiger partial charge in [-0.05, 0) is 24.3 Å². The number of likely N-dealkylation sites (N-methyl/N-ethyl adjacent to an activating group) is 1. The second kappa shape index (κ2) is 8.88. The fraction of sp³-hybridized carbons (Fsp3) is 0.438. The molecule has 0 aliphatic carbocycles. The van der Waals surface area contributed by atoms with Gasteiger partial charge in [0.15, 0.2) is 0 Å². The summed E-state index contributed by atoms with van der Waals surface area (Å²) in [4.78, 5) is 30.8. The van der Waals surface area contributed by atoms with Gasteiger partial charge in [0.05, 0.1) is 53.1 Å². The standard InChI is InChI=1S/C16H23N5O4/c1-20-8-10-21(11-9-20)13-6-4-12(5-7-13)17-14(18-15(22)24-2)19-16(23)25-3/h4-7H,8-11H2,1-3H3,(H2,17,18,19,22,23)/p+1. The Morgan fingerprint density at radius 1 is 1.04 bits per heavy atom. The molecular weight excluding hydrogens is 326 g/mol. The Bertz CT molecular complexity index is 604. The molecule has 1 aromatic carbocycles. The highest BCUT2D eigenvalue weighted by Gasteiger charge is 2.16. The first-order valence-electron chi connectivity index (χ1n) is 7.96. The highest BCUT2D eigenvalue weighted by atomic mass is 16.5. The van der Waals surface area contributed by atoms with Crippen molar-refractivity contribution in [2.24, 2.45) is 4.99 Å². The predicted octanol–water partition coefficient (Wildman–Crippen LogP) is -0.279. The van der Waals surface area contributed by atoms with E-state index in [0.29, 0.717) is 5.69 Å². The third-order valence-electron chi connectivity index (χ3n) is 3.88. The van der Waals surface area contributed by atoms with Gasteiger partial charge >= 0.3 is 12.2 Å². The van der Waals surface area contributed by atoms with Crippen LogP contribution < -0.4 is 20.4 Å². The zero-order chi connectivity index (χ0) is 18.2. The molecule has 0 saturated carbocycles. The molecule has 3 N–H and O–H groups in total. The van der Waals surface area contributed by atoms with E-state index in [-0.39, 0.29) is 5.96 Å². The van der Waals surface area contributed by atoms with Gasteiger partial charge in [0.1, 0.15) is 0 Å². The molecule has 0 bridgehead atoms. The maximum atomic E-state index is 11.4. The van der Waals surface area contributed by atoms with Crippen LogP contribution in [0.3, 0.4) is 0 Å². The van der Waals surface area contributed by atoms with Gasteiger partial charge in [-0.3, -0.25) is 10.6 Å². The van der Waals surface area contributed by atoms with Crippen LogP contribution in [0.5, 0.6) is 0 Å². The number of piperazine rings is 1. The van der Waals surface area contributed by atoms with Crippen LogP contribution >= 0.6 is 0 Å². The van der Waals surface area contributed by atoms with Gasteiger partial charge < -0.3 is 19.3 Å². The Morgan fingerprint density at radius 3 is 2.04 bits per heavy atom. The minimum atomic E-state index is -0.744. The minimum absolute atomic E-state index is 0.0744. The summed E-state index contributed by atoms with van der Waals surface area (Å²) in [6.07, 6.45) is -1.49. The summed E-state index contributed by atoms with van der Waals surface area (Å²) < 4.78 is 9.02. The summed E-state index contributed by atoms with van der Waals surface area (Å²) in [5, 5.41) is 4.65. The summed E-state index contributed by atoms with van der Waals surface area (Å²) >= 11 is 0. The van der Waals surface area contributed by atoms with Crippen LogP contribution in [-0.2, 0) is 9.47 Å². The first-order valence-corrected chi connectivity index (χ1v) is 7.96. The maximum absolute atomic E-state index is 11.4. The van der Waals surface area contributed by atoms with Crippen molar-refractivity contribution >= 4 is 29.5 Å². The molecule has 1 saturated heterocycles. The van der Waals surface area contributed by atoms with Crippen LogP contribution in [0.1, 0.15) is 0 Å². The summed E-state index contributed by atoms with van der Waals surface area (Å²) in [7, 11) is 4.63. The van der Waals surface area contributed by atoms with E-state index in [1.54, 1.807) is 0 Å². The number of rotatable bonds is 2. The molecule has 2 amide bonds. The first kappa shape index (κ1) is 18.5. The number of amides is 2. The van der Waals surface area contributed by atoms with Gasteiger partial charge in [-0.15, -0.1) is 0 Å². The molecule has 1 aliphatic heterocycles. The lowest BCUT2D eigenvalue weighted by molar-refractivity contribution is -0.880. The zero-order valence-electron chi connectivity index (χ0n) is 14.7. The van der Waals surface area contributed by atoms with Crippen LogP contribution in [0.4, 0.5) is 21.0 Å². The topological polar surface area (TPSA) is 96.7 Å². The maximum Gasteiger partial charge on any atom is 0.413 e. The zero-order valence-corrected chi connectivity index (χ0v) is 14.7. The summed E-state index contributed by atoms with van der Waals surface area (Å²) in [5.41, 5.74) is 1.70. The van der Waals surface area contributed by atoms with Crippen molar-refractivity contribution in [3.8, 4) is 0 Å². The van der Waals surface area contributed by atoms with E-state index in [0.717, 1.165) is 31.9 Å². The number of anilines is 1. The molecule has 0 aromatic heterocycles. The molecule has 0 atom stereocenters. The highest BCUT2D eigenvalue weighted by molar-refractivity contribution is 6.02. The summed E-state index contributed by atoms with van der Waals surface area (Å²) in [6, 6.07) is 7.57. The number of methoxy groups -OCH3 is 2. The van der Waals surface area contributed by atoms with Gasteiger partial charge in [-0.25, -0.2) is 14.6 Å². The Balaban J connectivity index is 2.09. The van der Waals surface area contributed by atoms with E-state index in [2.05, 4.69) is 37.0 Å². The SMILES string of the molecule is COC(=O)NC(=Nc1ccc(N2CC[NH+](C)CC2)cc1)NC(=O)OC. The molecule has 9 heteroatoms. The Hall–Kier alpha value is -2.81. The van der Waals surface area contributed by atoms with Gasteiger partial charge in [0.2, 0.25) is 5.96 Å². The molecule has 0 radical (unpaired) electrons. The van der Waals surface area contributed by atoms with Crippen LogP contribution in [0.15, 0.2) is 29.3 Å². The highest BCUT2D eigenvalue weighted by Crippen LogP contribution is 2.19. The number of guanidine groups is 1. The number of hydrogen-bond acceptors (Lipinski definition) is 6. The molecule has 1 fully saturated rings. The summed E-state index contributed by atoms with van der Waals surface area (Å²) in [5.74, 6) is -0.0744. The van der Waals surface area contributed by atoms with Crippen LogP contribution in [0.2, 0.25) is 0 Å². The van der Waals surface area contributed by atoms with E-state index >= 15 is 0 Å². The molecule has 1 aromatic rings. The second-order valence-electron chi connectivity index (χ2n) is 5.65. The average Bonchev–Trinajstić information content (AvgIpc) is 2.62. The molecule has 0 spiro atoms. The summed E-state index contributed by atoms with van der Waals surface area (Å²) in [6.45, 7) is 4.23. The van der Waals surface area contributed by atoms with Crippen molar-refractivity contribution in [3.05, 3.63) is 24.3 Å². The number of nitrogens with zero attached hydrogens (tertiary/aromatic N) is 2. The van der Waals surface area contributed by atoms with Crippen LogP contribution in [-0.4, -0.2) is 65.6 Å². The minimum Gasteiger partial charge on any atom is -0.453 e. The lowest BCUT2D eigenvalue weighted by Gasteiger charge is -2.31. The molecule has 136 valence electrons. The third kappa shape index (κ3) is 5.64. The molecule has 9 nitrogen and oxygen atoms in total. The Morgan fingerprint density at radius 2 is 1.56 bits per heavy atom. The van der Waals surface area contributed by atoms with Crippen LogP contribution in [0.25, 0.3) is 0 Å². The lowest BCUT2D eigenvalue weighted by atomic mass is 10.2. The van der Waals surface area contributed by atoms with Crippen molar-refractivity contribution in [1.29, 1.82) is 0 Å². The third-order valence-corrected chi connectivity index (χ3v) is 3.88. The largest absolute Gasteiger partial charge is 0.453 e. The lowest BCUT2D eigenvalue weighted by Crippen LogP contribution is -3.12. The number of aliphatic imine (C=N–C) groups is 1. The number of nitrogens with one attached hydrogen (secondary N) is 3. The molecule has 0 unspecified atom stereocenters. The predicted molar refractivity (Wildman–Crippen MR) is 93.5 cm³/mol. The quantitative estimate of drug-likeness (QED) is 0.504. The number of carbonyl (C=O) groups is 2. The molecule has 1 aliphatic rings. The first-order chi connectivity index (χ1) is 12.0. The monoisotopic (exact) mass is 350 g/mol. The van der Waals surface area contributed by atoms with E-state index in [1.165, 1.54) is 19.1 Å². The number of alkyl carbamates (subject to hydrolysis) is 2. The van der Waals surface area contributed by atoms with Crippen molar-refractivity contribution in [2.75, 3.05) is 52.3 Å². The van der Waals surface area contributed by atoms with Crippen molar-refractivity contribution in [2.45, 2.75) is 0 Å². The van der Waals surface area contributed by atoms with E-state index in [4.69, 9.17) is 0 Å². The van der Waals surface area contributed by atoms with Gasteiger partial charge in [0, 0.05) is 5.69 Å². The molecular formula is C16H24N5O4+. The number of hydrogen-bond donors (Lipinski definition) is 3. The van der Waals surface area contributed by atoms with Crippen LogP contribution in [0, 0.1) is 0 Å². The fourth-order valence-electron chi connectivity index (χ4n) is 2.40.